The summed E-state index contributed by atoms with van der Waals surface area (Å²) in [6.07, 6.45) is 5.69. The van der Waals surface area contributed by atoms with E-state index in [4.69, 9.17) is 4.74 Å². The molecule has 100 valence electrons. The predicted molar refractivity (Wildman–Crippen MR) is 66.0 cm³/mol. The molecule has 1 aliphatic rings. The van der Waals surface area contributed by atoms with Crippen molar-refractivity contribution in [1.29, 1.82) is 0 Å². The Morgan fingerprint density at radius 3 is 2.68 bits per heavy atom. The summed E-state index contributed by atoms with van der Waals surface area (Å²) in [7, 11) is 0. The summed E-state index contributed by atoms with van der Waals surface area (Å²) < 4.78 is 10.5. The summed E-state index contributed by atoms with van der Waals surface area (Å²) >= 11 is 0. The molecular weight excluding hydrogens is 250 g/mol. The smallest absolute Gasteiger partial charge is 0.301 e. The van der Waals surface area contributed by atoms with Gasteiger partial charge in [0.05, 0.1) is 11.0 Å². The lowest BCUT2D eigenvalue weighted by molar-refractivity contribution is -0.383. The zero-order valence-electron chi connectivity index (χ0n) is 10.2. The molecule has 0 unspecified atom stereocenters. The summed E-state index contributed by atoms with van der Waals surface area (Å²) in [6.45, 7) is 0. The fourth-order valence-corrected chi connectivity index (χ4v) is 2.44. The van der Waals surface area contributed by atoms with Crippen LogP contribution in [-0.4, -0.2) is 21.3 Å². The van der Waals surface area contributed by atoms with Crippen LogP contribution in [-0.2, 0) is 0 Å². The Labute approximate surface area is 108 Å². The van der Waals surface area contributed by atoms with E-state index in [2.05, 4.69) is 14.9 Å². The maximum atomic E-state index is 10.9. The van der Waals surface area contributed by atoms with Gasteiger partial charge in [-0.05, 0) is 42.1 Å². The van der Waals surface area contributed by atoms with E-state index in [0.29, 0.717) is 11.3 Å². The minimum absolute atomic E-state index is 0.118. The summed E-state index contributed by atoms with van der Waals surface area (Å²) in [6, 6.07) is 2.95. The molecule has 2 aromatic rings. The Bertz CT molecular complexity index is 604. The van der Waals surface area contributed by atoms with Gasteiger partial charge in [0.25, 0.3) is 0 Å². The lowest BCUT2D eigenvalue weighted by atomic mass is 9.98. The molecule has 0 aliphatic heterocycles. The first-order valence-electron chi connectivity index (χ1n) is 6.32. The molecule has 1 fully saturated rings. The molecule has 1 saturated carbocycles. The number of fused-ring (bicyclic) bond motifs is 1. The standard InChI is InChI=1S/C12H13N3O4/c16-15(17)9-6-7-10(12-11(9)13-19-14-12)18-8-4-2-1-3-5-8/h6-8H,1-5H2. The Kier molecular flexibility index (Phi) is 3.02. The zero-order valence-corrected chi connectivity index (χ0v) is 10.2. The maximum Gasteiger partial charge on any atom is 0.301 e. The topological polar surface area (TPSA) is 91.3 Å². The molecule has 7 heteroatoms. The van der Waals surface area contributed by atoms with E-state index >= 15 is 0 Å². The van der Waals surface area contributed by atoms with Crippen molar-refractivity contribution in [1.82, 2.24) is 10.3 Å². The first kappa shape index (κ1) is 11.9. The number of ether oxygens (including phenoxy) is 1. The molecular formula is C12H13N3O4. The van der Waals surface area contributed by atoms with Gasteiger partial charge in [-0.3, -0.25) is 10.1 Å². The molecule has 0 radical (unpaired) electrons. The molecule has 0 spiro atoms. The second-order valence-electron chi connectivity index (χ2n) is 4.68. The summed E-state index contributed by atoms with van der Waals surface area (Å²) in [4.78, 5) is 10.4. The normalized spacial score (nSPS) is 16.6. The molecule has 1 aromatic heterocycles. The Balaban J connectivity index is 1.93. The second kappa shape index (κ2) is 4.83. The molecule has 1 heterocycles. The van der Waals surface area contributed by atoms with Gasteiger partial charge in [0, 0.05) is 6.07 Å². The van der Waals surface area contributed by atoms with E-state index in [1.165, 1.54) is 12.5 Å². The van der Waals surface area contributed by atoms with Crippen molar-refractivity contribution in [3.8, 4) is 5.75 Å². The largest absolute Gasteiger partial charge is 0.488 e. The molecule has 7 nitrogen and oxygen atoms in total. The highest BCUT2D eigenvalue weighted by atomic mass is 16.6. The minimum Gasteiger partial charge on any atom is -0.488 e. The van der Waals surface area contributed by atoms with Crippen molar-refractivity contribution in [3.63, 3.8) is 0 Å². The quantitative estimate of drug-likeness (QED) is 0.624. The summed E-state index contributed by atoms with van der Waals surface area (Å²) in [5.74, 6) is 0.508. The van der Waals surface area contributed by atoms with Gasteiger partial charge in [-0.2, -0.15) is 0 Å². The van der Waals surface area contributed by atoms with Gasteiger partial charge in [-0.15, -0.1) is 0 Å². The lowest BCUT2D eigenvalue weighted by Crippen LogP contribution is -2.19. The van der Waals surface area contributed by atoms with E-state index in [0.717, 1.165) is 25.7 Å². The predicted octanol–water partition coefficient (Wildman–Crippen LogP) is 2.84. The number of rotatable bonds is 3. The van der Waals surface area contributed by atoms with Gasteiger partial charge in [-0.1, -0.05) is 6.42 Å². The van der Waals surface area contributed by atoms with Gasteiger partial charge in [0.1, 0.15) is 0 Å². The SMILES string of the molecule is O=[N+]([O-])c1ccc(OC2CCCCC2)c2nonc12. The first-order valence-corrected chi connectivity index (χ1v) is 6.32. The van der Waals surface area contributed by atoms with Crippen molar-refractivity contribution in [2.24, 2.45) is 0 Å². The van der Waals surface area contributed by atoms with Crippen molar-refractivity contribution >= 4 is 16.7 Å². The minimum atomic E-state index is -0.503. The number of non-ortho nitro benzene ring substituents is 1. The molecule has 1 aliphatic carbocycles. The molecule has 19 heavy (non-hydrogen) atoms. The third-order valence-electron chi connectivity index (χ3n) is 3.40. The van der Waals surface area contributed by atoms with Crippen LogP contribution in [0.5, 0.6) is 5.75 Å². The van der Waals surface area contributed by atoms with Crippen molar-refractivity contribution in [2.45, 2.75) is 38.2 Å². The summed E-state index contributed by atoms with van der Waals surface area (Å²) in [5, 5.41) is 18.2. The van der Waals surface area contributed by atoms with E-state index in [1.807, 2.05) is 0 Å². The highest BCUT2D eigenvalue weighted by Crippen LogP contribution is 2.32. The highest BCUT2D eigenvalue weighted by Gasteiger charge is 2.22. The second-order valence-corrected chi connectivity index (χ2v) is 4.68. The third-order valence-corrected chi connectivity index (χ3v) is 3.40. The van der Waals surface area contributed by atoms with Crippen LogP contribution in [0.15, 0.2) is 16.8 Å². The molecule has 0 N–H and O–H groups in total. The van der Waals surface area contributed by atoms with E-state index in [1.54, 1.807) is 6.07 Å². The van der Waals surface area contributed by atoms with E-state index < -0.39 is 4.92 Å². The molecule has 0 atom stereocenters. The Morgan fingerprint density at radius 1 is 1.21 bits per heavy atom. The molecule has 0 amide bonds. The number of nitrogens with zero attached hydrogens (tertiary/aromatic N) is 3. The molecule has 0 saturated heterocycles. The van der Waals surface area contributed by atoms with E-state index in [-0.39, 0.29) is 17.3 Å². The van der Waals surface area contributed by atoms with Crippen molar-refractivity contribution in [2.75, 3.05) is 0 Å². The lowest BCUT2D eigenvalue weighted by Gasteiger charge is -2.22. The van der Waals surface area contributed by atoms with Gasteiger partial charge < -0.3 is 4.74 Å². The fourth-order valence-electron chi connectivity index (χ4n) is 2.44. The molecule has 1 aromatic carbocycles. The van der Waals surface area contributed by atoms with Crippen LogP contribution >= 0.6 is 0 Å². The number of benzene rings is 1. The fraction of sp³-hybridized carbons (Fsp3) is 0.500. The van der Waals surface area contributed by atoms with Crippen LogP contribution in [0.2, 0.25) is 0 Å². The number of nitro groups is 1. The van der Waals surface area contributed by atoms with Crippen LogP contribution in [0.3, 0.4) is 0 Å². The number of aromatic nitrogens is 2. The van der Waals surface area contributed by atoms with Crippen LogP contribution < -0.4 is 4.74 Å². The first-order chi connectivity index (χ1) is 9.25. The van der Waals surface area contributed by atoms with Crippen molar-refractivity contribution in [3.05, 3.63) is 22.2 Å². The van der Waals surface area contributed by atoms with E-state index in [9.17, 15) is 10.1 Å². The number of hydrogen-bond donors (Lipinski definition) is 0. The van der Waals surface area contributed by atoms with Crippen LogP contribution in [0.25, 0.3) is 11.0 Å². The monoisotopic (exact) mass is 263 g/mol. The van der Waals surface area contributed by atoms with Crippen LogP contribution in [0.4, 0.5) is 5.69 Å². The average molecular weight is 263 g/mol. The van der Waals surface area contributed by atoms with Gasteiger partial charge in [-0.25, -0.2) is 4.63 Å². The third kappa shape index (κ3) is 2.23. The number of hydrogen-bond acceptors (Lipinski definition) is 6. The molecule has 3 rings (SSSR count). The maximum absolute atomic E-state index is 10.9. The Hall–Kier alpha value is -2.18. The summed E-state index contributed by atoms with van der Waals surface area (Å²) in [5.41, 5.74) is 0.338. The zero-order chi connectivity index (χ0) is 13.2. The van der Waals surface area contributed by atoms with Crippen LogP contribution in [0.1, 0.15) is 32.1 Å². The van der Waals surface area contributed by atoms with Crippen LogP contribution in [0, 0.1) is 10.1 Å². The highest BCUT2D eigenvalue weighted by molar-refractivity contribution is 5.88. The van der Waals surface area contributed by atoms with Gasteiger partial charge in [0.15, 0.2) is 11.3 Å². The van der Waals surface area contributed by atoms with Gasteiger partial charge in [0.2, 0.25) is 5.52 Å². The van der Waals surface area contributed by atoms with Crippen molar-refractivity contribution < 1.29 is 14.3 Å². The average Bonchev–Trinajstić information content (AvgIpc) is 2.89. The Morgan fingerprint density at radius 2 is 1.95 bits per heavy atom. The molecule has 0 bridgehead atoms. The number of nitro benzene ring substituents is 1. The van der Waals surface area contributed by atoms with Gasteiger partial charge >= 0.3 is 5.69 Å².